The van der Waals surface area contributed by atoms with Crippen molar-refractivity contribution in [1.29, 1.82) is 0 Å². The molecule has 2 heterocycles. The number of hydrogen-bond acceptors (Lipinski definition) is 5. The second-order valence-electron chi connectivity index (χ2n) is 7.96. The van der Waals surface area contributed by atoms with Crippen LogP contribution in [0.4, 0.5) is 13.2 Å². The maximum absolute atomic E-state index is 13.1. The highest BCUT2D eigenvalue weighted by atomic mass is 35.5. The monoisotopic (exact) mass is 494 g/mol. The zero-order chi connectivity index (χ0) is 25.0. The lowest BCUT2D eigenvalue weighted by Gasteiger charge is -2.15. The average Bonchev–Trinajstić information content (AvgIpc) is 3.26. The molecule has 0 radical (unpaired) electrons. The first-order chi connectivity index (χ1) is 16.0. The van der Waals surface area contributed by atoms with Crippen LogP contribution < -0.4 is 10.6 Å². The van der Waals surface area contributed by atoms with E-state index in [0.29, 0.717) is 23.8 Å². The Morgan fingerprint density at radius 1 is 1.06 bits per heavy atom. The number of aromatic nitrogens is 4. The molecule has 0 bridgehead atoms. The molecule has 1 atom stereocenters. The normalized spacial score (nSPS) is 12.5. The molecular weight excluding hydrogens is 473 g/mol. The number of pyridine rings is 1. The van der Waals surface area contributed by atoms with Gasteiger partial charge in [-0.2, -0.15) is 23.0 Å². The molecule has 3 rings (SSSR count). The quantitative estimate of drug-likeness (QED) is 0.512. The Labute approximate surface area is 198 Å². The summed E-state index contributed by atoms with van der Waals surface area (Å²) in [7, 11) is 0. The second-order valence-corrected chi connectivity index (χ2v) is 8.40. The first-order valence-corrected chi connectivity index (χ1v) is 10.7. The Hall–Kier alpha value is -3.47. The predicted molar refractivity (Wildman–Crippen MR) is 119 cm³/mol. The maximum atomic E-state index is 13.1. The van der Waals surface area contributed by atoms with Crippen molar-refractivity contribution in [2.45, 2.75) is 33.0 Å². The SMILES string of the molecule is CC(C)CNC(=O)c1ccc(-n2ncnc2[C@H](C)NC(=O)c2cc(Cl)cc(C(F)(F)F)c2)nc1. The van der Waals surface area contributed by atoms with Crippen LogP contribution in [0.15, 0.2) is 42.9 Å². The zero-order valence-corrected chi connectivity index (χ0v) is 19.3. The van der Waals surface area contributed by atoms with Gasteiger partial charge in [0.2, 0.25) is 0 Å². The minimum atomic E-state index is -4.64. The molecule has 0 aliphatic rings. The lowest BCUT2D eigenvalue weighted by Crippen LogP contribution is -2.29. The third-order valence-corrected chi connectivity index (χ3v) is 4.91. The Kier molecular flexibility index (Phi) is 7.55. The topological polar surface area (TPSA) is 102 Å². The van der Waals surface area contributed by atoms with E-state index in [0.717, 1.165) is 18.2 Å². The Bertz CT molecular complexity index is 1180. The first-order valence-electron chi connectivity index (χ1n) is 10.3. The van der Waals surface area contributed by atoms with E-state index in [1.165, 1.54) is 17.2 Å². The van der Waals surface area contributed by atoms with Crippen molar-refractivity contribution >= 4 is 23.4 Å². The summed E-state index contributed by atoms with van der Waals surface area (Å²) in [6, 6.07) is 5.04. The average molecular weight is 495 g/mol. The molecule has 2 aromatic heterocycles. The molecule has 34 heavy (non-hydrogen) atoms. The van der Waals surface area contributed by atoms with Crippen LogP contribution in [0.25, 0.3) is 5.82 Å². The molecule has 0 aliphatic heterocycles. The minimum absolute atomic E-state index is 0.211. The summed E-state index contributed by atoms with van der Waals surface area (Å²) in [5.74, 6) is -0.0864. The van der Waals surface area contributed by atoms with Crippen LogP contribution in [0.1, 0.15) is 58.9 Å². The van der Waals surface area contributed by atoms with Gasteiger partial charge in [0.15, 0.2) is 11.6 Å². The predicted octanol–water partition coefficient (Wildman–Crippen LogP) is 4.21. The van der Waals surface area contributed by atoms with Crippen molar-refractivity contribution < 1.29 is 22.8 Å². The number of nitrogens with one attached hydrogen (secondary N) is 2. The molecule has 3 aromatic rings. The van der Waals surface area contributed by atoms with Crippen LogP contribution in [0.2, 0.25) is 5.02 Å². The van der Waals surface area contributed by atoms with E-state index in [1.807, 2.05) is 13.8 Å². The molecule has 8 nitrogen and oxygen atoms in total. The molecule has 180 valence electrons. The molecule has 0 unspecified atom stereocenters. The zero-order valence-electron chi connectivity index (χ0n) is 18.5. The summed E-state index contributed by atoms with van der Waals surface area (Å²) in [6.45, 7) is 6.09. The molecule has 12 heteroatoms. The fourth-order valence-corrected chi connectivity index (χ4v) is 3.23. The first kappa shape index (κ1) is 25.2. The molecule has 2 N–H and O–H groups in total. The summed E-state index contributed by atoms with van der Waals surface area (Å²) < 4.78 is 40.5. The summed E-state index contributed by atoms with van der Waals surface area (Å²) in [6.07, 6.45) is -2.00. The van der Waals surface area contributed by atoms with E-state index in [1.54, 1.807) is 19.1 Å². The Balaban J connectivity index is 1.76. The van der Waals surface area contributed by atoms with Crippen molar-refractivity contribution in [2.24, 2.45) is 5.92 Å². The third kappa shape index (κ3) is 6.10. The van der Waals surface area contributed by atoms with Gasteiger partial charge in [-0.15, -0.1) is 0 Å². The van der Waals surface area contributed by atoms with Gasteiger partial charge in [-0.25, -0.2) is 9.97 Å². The summed E-state index contributed by atoms with van der Waals surface area (Å²) in [5, 5.41) is 9.28. The molecule has 0 fully saturated rings. The summed E-state index contributed by atoms with van der Waals surface area (Å²) >= 11 is 5.77. The summed E-state index contributed by atoms with van der Waals surface area (Å²) in [5.41, 5.74) is -0.899. The number of carbonyl (C=O) groups excluding carboxylic acids is 2. The van der Waals surface area contributed by atoms with Crippen molar-refractivity contribution in [1.82, 2.24) is 30.4 Å². The van der Waals surface area contributed by atoms with Crippen molar-refractivity contribution in [2.75, 3.05) is 6.54 Å². The summed E-state index contributed by atoms with van der Waals surface area (Å²) in [4.78, 5) is 33.2. The van der Waals surface area contributed by atoms with Gasteiger partial charge in [0.25, 0.3) is 11.8 Å². The van der Waals surface area contributed by atoms with Gasteiger partial charge in [-0.1, -0.05) is 25.4 Å². The molecule has 0 saturated heterocycles. The molecule has 0 saturated carbocycles. The Morgan fingerprint density at radius 3 is 2.41 bits per heavy atom. The lowest BCUT2D eigenvalue weighted by atomic mass is 10.1. The fraction of sp³-hybridized carbons (Fsp3) is 0.318. The van der Waals surface area contributed by atoms with E-state index in [4.69, 9.17) is 11.6 Å². The maximum Gasteiger partial charge on any atom is 0.416 e. The van der Waals surface area contributed by atoms with Crippen molar-refractivity contribution in [3.8, 4) is 5.82 Å². The van der Waals surface area contributed by atoms with Gasteiger partial charge < -0.3 is 10.6 Å². The Morgan fingerprint density at radius 2 is 1.79 bits per heavy atom. The number of amides is 2. The van der Waals surface area contributed by atoms with Gasteiger partial charge in [-0.3, -0.25) is 9.59 Å². The smallest absolute Gasteiger partial charge is 0.352 e. The number of carbonyl (C=O) groups is 2. The van der Waals surface area contributed by atoms with Crippen molar-refractivity contribution in [3.63, 3.8) is 0 Å². The van der Waals surface area contributed by atoms with Crippen LogP contribution in [-0.4, -0.2) is 38.1 Å². The van der Waals surface area contributed by atoms with E-state index in [2.05, 4.69) is 25.7 Å². The van der Waals surface area contributed by atoms with Gasteiger partial charge in [-0.05, 0) is 43.2 Å². The number of nitrogens with zero attached hydrogens (tertiary/aromatic N) is 4. The fourth-order valence-electron chi connectivity index (χ4n) is 3.00. The molecule has 0 spiro atoms. The van der Waals surface area contributed by atoms with Crippen LogP contribution >= 0.6 is 11.6 Å². The highest BCUT2D eigenvalue weighted by Gasteiger charge is 2.32. The van der Waals surface area contributed by atoms with Gasteiger partial charge in [0.1, 0.15) is 6.33 Å². The van der Waals surface area contributed by atoms with Gasteiger partial charge in [0, 0.05) is 23.3 Å². The largest absolute Gasteiger partial charge is 0.416 e. The number of alkyl halides is 3. The lowest BCUT2D eigenvalue weighted by molar-refractivity contribution is -0.137. The minimum Gasteiger partial charge on any atom is -0.352 e. The molecule has 0 aliphatic carbocycles. The molecule has 1 aromatic carbocycles. The van der Waals surface area contributed by atoms with Crippen LogP contribution in [0.3, 0.4) is 0 Å². The number of hydrogen-bond donors (Lipinski definition) is 2. The van der Waals surface area contributed by atoms with Crippen molar-refractivity contribution in [3.05, 3.63) is 70.4 Å². The molecular formula is C22H22ClF3N6O2. The second kappa shape index (κ2) is 10.2. The standard InChI is InChI=1S/C22H22ClF3N6O2/c1-12(2)9-28-20(33)14-4-5-18(27-10-14)32-19(29-11-30-32)13(3)31-21(34)15-6-16(22(24,25)26)8-17(23)7-15/h4-8,10-13H,9H2,1-3H3,(H,28,33)(H,31,34)/t13-/m0/s1. The highest BCUT2D eigenvalue weighted by Crippen LogP contribution is 2.32. The van der Waals surface area contributed by atoms with Crippen LogP contribution in [0, 0.1) is 5.92 Å². The molecule has 2 amide bonds. The number of benzene rings is 1. The van der Waals surface area contributed by atoms with Gasteiger partial charge >= 0.3 is 6.18 Å². The number of rotatable bonds is 7. The van der Waals surface area contributed by atoms with E-state index < -0.39 is 23.7 Å². The highest BCUT2D eigenvalue weighted by molar-refractivity contribution is 6.31. The third-order valence-electron chi connectivity index (χ3n) is 4.69. The van der Waals surface area contributed by atoms with E-state index >= 15 is 0 Å². The number of halogens is 4. The van der Waals surface area contributed by atoms with E-state index in [9.17, 15) is 22.8 Å². The van der Waals surface area contributed by atoms with E-state index in [-0.39, 0.29) is 22.3 Å². The van der Waals surface area contributed by atoms with Crippen LogP contribution in [-0.2, 0) is 6.18 Å². The van der Waals surface area contributed by atoms with Gasteiger partial charge in [0.05, 0.1) is 17.2 Å². The van der Waals surface area contributed by atoms with Crippen LogP contribution in [0.5, 0.6) is 0 Å².